The molecule has 2 heterocycles. The van der Waals surface area contributed by atoms with E-state index >= 15 is 0 Å². The number of rotatable bonds is 2. The first-order valence-corrected chi connectivity index (χ1v) is 8.11. The van der Waals surface area contributed by atoms with Crippen molar-refractivity contribution in [1.82, 2.24) is 10.3 Å². The van der Waals surface area contributed by atoms with Crippen LogP contribution in [0.25, 0.3) is 0 Å². The standard InChI is InChI=1S/C15H21N3S/c1-12-9-16-8-5-13(12)10-17-14-18-15(11-19-14)6-3-2-4-7-15/h5,8-9H,2-4,6-7,10-11H2,1H3,(H,17,18). The van der Waals surface area contributed by atoms with E-state index in [0.29, 0.717) is 5.54 Å². The van der Waals surface area contributed by atoms with Crippen molar-refractivity contribution >= 4 is 16.9 Å². The summed E-state index contributed by atoms with van der Waals surface area (Å²) in [6, 6.07) is 2.06. The van der Waals surface area contributed by atoms with E-state index in [4.69, 9.17) is 4.99 Å². The van der Waals surface area contributed by atoms with Gasteiger partial charge in [0, 0.05) is 23.7 Å². The average molecular weight is 275 g/mol. The molecular formula is C15H21N3S. The van der Waals surface area contributed by atoms with E-state index in [9.17, 15) is 0 Å². The molecule has 2 fully saturated rings. The van der Waals surface area contributed by atoms with Crippen LogP contribution in [0.15, 0.2) is 23.5 Å². The zero-order valence-electron chi connectivity index (χ0n) is 11.5. The van der Waals surface area contributed by atoms with E-state index < -0.39 is 0 Å². The lowest BCUT2D eigenvalue weighted by Crippen LogP contribution is -2.45. The summed E-state index contributed by atoms with van der Waals surface area (Å²) in [5.74, 6) is 1.20. The minimum absolute atomic E-state index is 0.356. The molecule has 1 N–H and O–H groups in total. The van der Waals surface area contributed by atoms with Gasteiger partial charge < -0.3 is 5.32 Å². The number of aryl methyl sites for hydroxylation is 1. The molecular weight excluding hydrogens is 254 g/mol. The molecule has 1 aromatic heterocycles. The van der Waals surface area contributed by atoms with Crippen LogP contribution in [0.2, 0.25) is 0 Å². The number of pyridine rings is 1. The summed E-state index contributed by atoms with van der Waals surface area (Å²) in [4.78, 5) is 8.87. The molecule has 3 nitrogen and oxygen atoms in total. The molecule has 0 amide bonds. The summed E-state index contributed by atoms with van der Waals surface area (Å²) >= 11 is 1.90. The molecule has 1 saturated carbocycles. The average Bonchev–Trinajstić information content (AvgIpc) is 2.82. The smallest absolute Gasteiger partial charge is 0.157 e. The molecule has 1 aromatic rings. The predicted molar refractivity (Wildman–Crippen MR) is 81.5 cm³/mol. The van der Waals surface area contributed by atoms with Crippen molar-refractivity contribution in [1.29, 1.82) is 0 Å². The highest BCUT2D eigenvalue weighted by atomic mass is 32.2. The van der Waals surface area contributed by atoms with Crippen molar-refractivity contribution in [3.8, 4) is 0 Å². The number of nitrogens with zero attached hydrogens (tertiary/aromatic N) is 2. The topological polar surface area (TPSA) is 37.3 Å². The maximum atomic E-state index is 4.74. The second kappa shape index (κ2) is 5.53. The summed E-state index contributed by atoms with van der Waals surface area (Å²) < 4.78 is 0. The number of aliphatic imine (C=N–C) groups is 1. The SMILES string of the molecule is Cc1cnccc1CN=C1NC2(CCCCC2)CS1. The summed E-state index contributed by atoms with van der Waals surface area (Å²) in [7, 11) is 0. The molecule has 0 aromatic carbocycles. The van der Waals surface area contributed by atoms with Crippen molar-refractivity contribution < 1.29 is 0 Å². The van der Waals surface area contributed by atoms with Gasteiger partial charge in [0.15, 0.2) is 5.17 Å². The van der Waals surface area contributed by atoms with Crippen LogP contribution in [0.5, 0.6) is 0 Å². The van der Waals surface area contributed by atoms with E-state index in [1.54, 1.807) is 0 Å². The van der Waals surface area contributed by atoms with Gasteiger partial charge in [-0.2, -0.15) is 0 Å². The second-order valence-electron chi connectivity index (χ2n) is 5.68. The highest BCUT2D eigenvalue weighted by Crippen LogP contribution is 2.36. The Morgan fingerprint density at radius 2 is 2.21 bits per heavy atom. The maximum absolute atomic E-state index is 4.74. The molecule has 0 unspecified atom stereocenters. The zero-order chi connectivity index (χ0) is 13.1. The lowest BCUT2D eigenvalue weighted by atomic mass is 9.83. The maximum Gasteiger partial charge on any atom is 0.157 e. The van der Waals surface area contributed by atoms with Gasteiger partial charge in [0.25, 0.3) is 0 Å². The highest BCUT2D eigenvalue weighted by Gasteiger charge is 2.37. The minimum atomic E-state index is 0.356. The van der Waals surface area contributed by atoms with Crippen molar-refractivity contribution in [3.05, 3.63) is 29.6 Å². The Kier molecular flexibility index (Phi) is 3.78. The van der Waals surface area contributed by atoms with Gasteiger partial charge in [-0.25, -0.2) is 0 Å². The van der Waals surface area contributed by atoms with Crippen LogP contribution in [0, 0.1) is 6.92 Å². The van der Waals surface area contributed by atoms with Crippen molar-refractivity contribution in [2.45, 2.75) is 51.1 Å². The summed E-state index contributed by atoms with van der Waals surface area (Å²) in [6.45, 7) is 2.86. The van der Waals surface area contributed by atoms with Crippen LogP contribution in [-0.4, -0.2) is 21.4 Å². The van der Waals surface area contributed by atoms with Crippen molar-refractivity contribution in [2.24, 2.45) is 4.99 Å². The lowest BCUT2D eigenvalue weighted by molar-refractivity contribution is 0.303. The Labute approximate surface area is 119 Å². The molecule has 0 radical (unpaired) electrons. The molecule has 4 heteroatoms. The first-order chi connectivity index (χ1) is 9.27. The van der Waals surface area contributed by atoms with E-state index in [2.05, 4.69) is 23.3 Å². The fourth-order valence-corrected chi connectivity index (χ4v) is 4.14. The Hall–Kier alpha value is -1.03. The van der Waals surface area contributed by atoms with Crippen molar-refractivity contribution in [3.63, 3.8) is 0 Å². The number of hydrogen-bond donors (Lipinski definition) is 1. The number of hydrogen-bond acceptors (Lipinski definition) is 3. The van der Waals surface area contributed by atoms with E-state index in [1.165, 1.54) is 49.0 Å². The van der Waals surface area contributed by atoms with Crippen LogP contribution < -0.4 is 5.32 Å². The summed E-state index contributed by atoms with van der Waals surface area (Å²) in [5, 5.41) is 4.83. The Morgan fingerprint density at radius 3 is 3.00 bits per heavy atom. The number of nitrogens with one attached hydrogen (secondary N) is 1. The molecule has 0 atom stereocenters. The van der Waals surface area contributed by atoms with E-state index in [-0.39, 0.29) is 0 Å². The van der Waals surface area contributed by atoms with Gasteiger partial charge in [-0.1, -0.05) is 31.0 Å². The highest BCUT2D eigenvalue weighted by molar-refractivity contribution is 8.14. The molecule has 1 spiro atoms. The van der Waals surface area contributed by atoms with Gasteiger partial charge >= 0.3 is 0 Å². The van der Waals surface area contributed by atoms with Crippen LogP contribution in [0.3, 0.4) is 0 Å². The lowest BCUT2D eigenvalue weighted by Gasteiger charge is -2.32. The minimum Gasteiger partial charge on any atom is -0.359 e. The van der Waals surface area contributed by atoms with Gasteiger partial charge in [0.1, 0.15) is 0 Å². The zero-order valence-corrected chi connectivity index (χ0v) is 12.3. The third kappa shape index (κ3) is 2.94. The molecule has 2 aliphatic rings. The third-order valence-electron chi connectivity index (χ3n) is 4.20. The van der Waals surface area contributed by atoms with Crippen LogP contribution in [-0.2, 0) is 6.54 Å². The fourth-order valence-electron chi connectivity index (χ4n) is 2.93. The molecule has 0 bridgehead atoms. The number of amidine groups is 1. The monoisotopic (exact) mass is 275 g/mol. The van der Waals surface area contributed by atoms with Gasteiger partial charge in [-0.15, -0.1) is 0 Å². The predicted octanol–water partition coefficient (Wildman–Crippen LogP) is 3.29. The van der Waals surface area contributed by atoms with Crippen molar-refractivity contribution in [2.75, 3.05) is 5.75 Å². The first-order valence-electron chi connectivity index (χ1n) is 7.12. The summed E-state index contributed by atoms with van der Waals surface area (Å²) in [6.07, 6.45) is 10.5. The second-order valence-corrected chi connectivity index (χ2v) is 6.64. The molecule has 19 heavy (non-hydrogen) atoms. The van der Waals surface area contributed by atoms with Gasteiger partial charge in [-0.3, -0.25) is 9.98 Å². The van der Waals surface area contributed by atoms with Gasteiger partial charge in [-0.05, 0) is 37.0 Å². The summed E-state index contributed by atoms with van der Waals surface area (Å²) in [5.41, 5.74) is 2.85. The molecule has 3 rings (SSSR count). The largest absolute Gasteiger partial charge is 0.359 e. The molecule has 1 aliphatic heterocycles. The number of aromatic nitrogens is 1. The normalized spacial score (nSPS) is 23.7. The first kappa shape index (κ1) is 13.0. The van der Waals surface area contributed by atoms with Gasteiger partial charge in [0.05, 0.1) is 6.54 Å². The fraction of sp³-hybridized carbons (Fsp3) is 0.600. The van der Waals surface area contributed by atoms with Crippen LogP contribution in [0.1, 0.15) is 43.2 Å². The molecule has 1 saturated heterocycles. The van der Waals surface area contributed by atoms with Crippen LogP contribution >= 0.6 is 11.8 Å². The Bertz CT molecular complexity index is 478. The van der Waals surface area contributed by atoms with Crippen LogP contribution in [0.4, 0.5) is 0 Å². The quantitative estimate of drug-likeness (QED) is 0.900. The third-order valence-corrected chi connectivity index (χ3v) is 5.40. The molecule has 102 valence electrons. The van der Waals surface area contributed by atoms with E-state index in [0.717, 1.165) is 11.7 Å². The molecule has 1 aliphatic carbocycles. The Balaban J connectivity index is 1.64. The van der Waals surface area contributed by atoms with E-state index in [1.807, 2.05) is 24.2 Å². The number of thioether (sulfide) groups is 1. The Morgan fingerprint density at radius 1 is 1.37 bits per heavy atom. The van der Waals surface area contributed by atoms with Gasteiger partial charge in [0.2, 0.25) is 0 Å².